The molecular formula is C33H23BrCl3FN2O6. The van der Waals surface area contributed by atoms with E-state index in [9.17, 15) is 28.7 Å². The van der Waals surface area contributed by atoms with Gasteiger partial charge in [-0.3, -0.25) is 24.1 Å². The first-order valence-electron chi connectivity index (χ1n) is 14.3. The summed E-state index contributed by atoms with van der Waals surface area (Å²) < 4.78 is 19.7. The van der Waals surface area contributed by atoms with Gasteiger partial charge in [0, 0.05) is 21.0 Å². The number of phenols is 1. The second-order valence-corrected chi connectivity index (χ2v) is 14.4. The van der Waals surface area contributed by atoms with Gasteiger partial charge in [-0.15, -0.1) is 23.2 Å². The van der Waals surface area contributed by atoms with E-state index in [0.29, 0.717) is 20.8 Å². The molecule has 2 aliphatic carbocycles. The van der Waals surface area contributed by atoms with E-state index in [1.165, 1.54) is 25.3 Å². The Morgan fingerprint density at radius 1 is 0.913 bits per heavy atom. The Balaban J connectivity index is 1.43. The first-order valence-corrected chi connectivity index (χ1v) is 16.2. The Morgan fingerprint density at radius 3 is 2.20 bits per heavy atom. The van der Waals surface area contributed by atoms with E-state index in [4.69, 9.17) is 39.5 Å². The number of ether oxygens (including phenoxy) is 1. The largest absolute Gasteiger partial charge is 0.504 e. The monoisotopic (exact) mass is 746 g/mol. The van der Waals surface area contributed by atoms with Crippen molar-refractivity contribution in [3.05, 3.63) is 93.2 Å². The van der Waals surface area contributed by atoms with Gasteiger partial charge < -0.3 is 9.84 Å². The molecule has 1 saturated carbocycles. The normalized spacial score (nSPS) is 30.3. The molecule has 8 nitrogen and oxygen atoms in total. The molecule has 3 aromatic carbocycles. The van der Waals surface area contributed by atoms with Crippen molar-refractivity contribution in [3.8, 4) is 11.5 Å². The number of carbonyl (C=O) groups is 4. The number of allylic oxidation sites excluding steroid dienone is 2. The number of nitrogens with zero attached hydrogens (tertiary/aromatic N) is 2. The number of imide groups is 2. The van der Waals surface area contributed by atoms with Crippen molar-refractivity contribution in [2.75, 3.05) is 16.9 Å². The zero-order valence-electron chi connectivity index (χ0n) is 23.8. The molecule has 13 heteroatoms. The first-order chi connectivity index (χ1) is 21.8. The summed E-state index contributed by atoms with van der Waals surface area (Å²) in [6.07, 6.45) is 1.64. The highest BCUT2D eigenvalue weighted by Gasteiger charge is 2.77. The van der Waals surface area contributed by atoms with Crippen molar-refractivity contribution in [1.29, 1.82) is 0 Å². The predicted molar refractivity (Wildman–Crippen MR) is 173 cm³/mol. The molecule has 0 unspecified atom stereocenters. The van der Waals surface area contributed by atoms with Gasteiger partial charge in [-0.1, -0.05) is 39.2 Å². The molecule has 3 aromatic rings. The van der Waals surface area contributed by atoms with Crippen LogP contribution in [0.25, 0.3) is 0 Å². The Labute approximate surface area is 285 Å². The van der Waals surface area contributed by atoms with E-state index in [0.717, 1.165) is 21.9 Å². The third-order valence-electron chi connectivity index (χ3n) is 9.58. The molecule has 236 valence electrons. The fourth-order valence-electron chi connectivity index (χ4n) is 7.56. The summed E-state index contributed by atoms with van der Waals surface area (Å²) in [6, 6.07) is 14.1. The zero-order chi connectivity index (χ0) is 32.9. The van der Waals surface area contributed by atoms with Gasteiger partial charge >= 0.3 is 0 Å². The molecule has 7 rings (SSSR count). The number of benzene rings is 3. The van der Waals surface area contributed by atoms with E-state index in [1.54, 1.807) is 36.4 Å². The molecule has 0 aromatic heterocycles. The lowest BCUT2D eigenvalue weighted by Crippen LogP contribution is -2.60. The molecule has 2 aliphatic heterocycles. The average molecular weight is 749 g/mol. The fraction of sp³-hybridized carbons (Fsp3) is 0.273. The quantitative estimate of drug-likeness (QED) is 0.181. The standard InChI is InChI=1S/C33H23BrCl3FN2O6/c1-46-24-13-15(34)12-22(27(24)41)26-20-10-11-21-25(29(43)39(28(21)42)18-6-2-16(35)3-7-18)23(20)14-32(36)30(44)40(31(45)33(26,32)37)19-8-4-17(38)5-9-19/h2-10,12-13,21,23,25-26,41H,11,14H2,1H3/t21-,23+,25-,26+,32+,33-/m0/s1. The maximum Gasteiger partial charge on any atom is 0.258 e. The summed E-state index contributed by atoms with van der Waals surface area (Å²) in [5, 5.41) is 11.9. The number of fused-ring (bicyclic) bond motifs is 4. The van der Waals surface area contributed by atoms with Crippen LogP contribution in [0.15, 0.2) is 76.8 Å². The second-order valence-electron chi connectivity index (χ2n) is 11.8. The van der Waals surface area contributed by atoms with Crippen LogP contribution >= 0.6 is 50.7 Å². The number of carbonyl (C=O) groups excluding carboxylic acids is 4. The molecule has 0 bridgehead atoms. The maximum atomic E-state index is 14.5. The third kappa shape index (κ3) is 4.16. The Bertz CT molecular complexity index is 1890. The van der Waals surface area contributed by atoms with Crippen LogP contribution < -0.4 is 14.5 Å². The van der Waals surface area contributed by atoms with Crippen molar-refractivity contribution in [2.45, 2.75) is 28.5 Å². The van der Waals surface area contributed by atoms with Crippen molar-refractivity contribution in [3.63, 3.8) is 0 Å². The molecule has 4 aliphatic rings. The van der Waals surface area contributed by atoms with Crippen LogP contribution in [-0.4, -0.2) is 45.6 Å². The minimum Gasteiger partial charge on any atom is -0.504 e. The third-order valence-corrected chi connectivity index (χ3v) is 11.7. The van der Waals surface area contributed by atoms with Crippen molar-refractivity contribution < 1.29 is 33.4 Å². The van der Waals surface area contributed by atoms with Crippen LogP contribution in [0.2, 0.25) is 5.02 Å². The summed E-state index contributed by atoms with van der Waals surface area (Å²) >= 11 is 24.2. The Hall–Kier alpha value is -3.44. The van der Waals surface area contributed by atoms with Gasteiger partial charge in [-0.05, 0) is 79.4 Å². The Kier molecular flexibility index (Phi) is 7.32. The average Bonchev–Trinajstić information content (AvgIpc) is 3.37. The van der Waals surface area contributed by atoms with Gasteiger partial charge in [0.1, 0.15) is 5.82 Å². The Morgan fingerprint density at radius 2 is 1.54 bits per heavy atom. The maximum absolute atomic E-state index is 14.5. The molecule has 3 fully saturated rings. The van der Waals surface area contributed by atoms with Crippen molar-refractivity contribution in [2.24, 2.45) is 17.8 Å². The minimum absolute atomic E-state index is 0.0523. The van der Waals surface area contributed by atoms with Gasteiger partial charge in [0.2, 0.25) is 11.8 Å². The number of halogens is 5. The summed E-state index contributed by atoms with van der Waals surface area (Å²) in [7, 11) is 1.36. The van der Waals surface area contributed by atoms with E-state index in [1.807, 2.05) is 0 Å². The molecule has 0 spiro atoms. The summed E-state index contributed by atoms with van der Waals surface area (Å²) in [6.45, 7) is 0. The van der Waals surface area contributed by atoms with Crippen LogP contribution in [0.4, 0.5) is 15.8 Å². The number of phenolic OH excluding ortho intramolecular Hbond substituents is 1. The zero-order valence-corrected chi connectivity index (χ0v) is 27.7. The van der Waals surface area contributed by atoms with Crippen LogP contribution in [-0.2, 0) is 19.2 Å². The second kappa shape index (κ2) is 10.8. The lowest BCUT2D eigenvalue weighted by atomic mass is 9.56. The van der Waals surface area contributed by atoms with Crippen molar-refractivity contribution in [1.82, 2.24) is 0 Å². The lowest BCUT2D eigenvalue weighted by Gasteiger charge is -2.50. The molecule has 4 amide bonds. The number of aromatic hydroxyl groups is 1. The first kappa shape index (κ1) is 31.2. The predicted octanol–water partition coefficient (Wildman–Crippen LogP) is 6.72. The number of methoxy groups -OCH3 is 1. The van der Waals surface area contributed by atoms with E-state index < -0.39 is 62.9 Å². The van der Waals surface area contributed by atoms with Gasteiger partial charge in [0.25, 0.3) is 11.8 Å². The minimum atomic E-state index is -2.21. The molecule has 6 atom stereocenters. The summed E-state index contributed by atoms with van der Waals surface area (Å²) in [5.41, 5.74) is 1.02. The van der Waals surface area contributed by atoms with Crippen LogP contribution in [0.1, 0.15) is 24.3 Å². The van der Waals surface area contributed by atoms with E-state index in [2.05, 4.69) is 15.9 Å². The molecule has 1 N–H and O–H groups in total. The molecule has 2 saturated heterocycles. The van der Waals surface area contributed by atoms with Crippen LogP contribution in [0.5, 0.6) is 11.5 Å². The number of hydrogen-bond acceptors (Lipinski definition) is 6. The van der Waals surface area contributed by atoms with Gasteiger partial charge in [0.05, 0.1) is 30.3 Å². The number of amides is 4. The van der Waals surface area contributed by atoms with E-state index in [-0.39, 0.29) is 35.6 Å². The highest BCUT2D eigenvalue weighted by Crippen LogP contribution is 2.67. The van der Waals surface area contributed by atoms with Crippen LogP contribution in [0, 0.1) is 23.6 Å². The number of anilines is 2. The molecular weight excluding hydrogens is 726 g/mol. The van der Waals surface area contributed by atoms with Gasteiger partial charge in [-0.2, -0.15) is 0 Å². The van der Waals surface area contributed by atoms with Gasteiger partial charge in [-0.25, -0.2) is 9.29 Å². The fourth-order valence-corrected chi connectivity index (χ4v) is 9.07. The molecule has 2 heterocycles. The number of hydrogen-bond donors (Lipinski definition) is 1. The van der Waals surface area contributed by atoms with Gasteiger partial charge in [0.15, 0.2) is 21.2 Å². The summed E-state index contributed by atoms with van der Waals surface area (Å²) in [5.74, 6) is -7.27. The molecule has 46 heavy (non-hydrogen) atoms. The number of alkyl halides is 2. The topological polar surface area (TPSA) is 104 Å². The highest BCUT2D eigenvalue weighted by molar-refractivity contribution is 9.10. The highest BCUT2D eigenvalue weighted by atomic mass is 79.9. The smallest absolute Gasteiger partial charge is 0.258 e. The van der Waals surface area contributed by atoms with Crippen molar-refractivity contribution >= 4 is 85.7 Å². The SMILES string of the molecule is COc1cc(Br)cc([C@H]2C3=CC[C@@H]4C(=O)N(c5ccc(Cl)cc5)C(=O)[C@@H]4[C@@H]3C[C@@]3(Cl)C(=O)N(c4ccc(F)cc4)C(=O)[C@@]23Cl)c1O. The van der Waals surface area contributed by atoms with Crippen LogP contribution in [0.3, 0.4) is 0 Å². The summed E-state index contributed by atoms with van der Waals surface area (Å²) in [4.78, 5) is 54.4. The lowest BCUT2D eigenvalue weighted by molar-refractivity contribution is -0.125. The van der Waals surface area contributed by atoms with E-state index >= 15 is 0 Å². The molecule has 0 radical (unpaired) electrons. The number of rotatable bonds is 4.